The minimum atomic E-state index is 0.968. The Hall–Kier alpha value is -2.22. The van der Waals surface area contributed by atoms with E-state index in [9.17, 15) is 0 Å². The number of hydrogen-bond acceptors (Lipinski definition) is 2. The summed E-state index contributed by atoms with van der Waals surface area (Å²) in [6.07, 6.45) is 3.34. The summed E-state index contributed by atoms with van der Waals surface area (Å²) in [5.41, 5.74) is 3.88. The third-order valence-electron chi connectivity index (χ3n) is 3.45. The second-order valence-electron chi connectivity index (χ2n) is 4.71. The summed E-state index contributed by atoms with van der Waals surface area (Å²) >= 11 is 0. The van der Waals surface area contributed by atoms with Crippen molar-refractivity contribution < 1.29 is 0 Å². The highest BCUT2D eigenvalue weighted by atomic mass is 15.6. The van der Waals surface area contributed by atoms with Crippen LogP contribution in [-0.4, -0.2) is 6.54 Å². The van der Waals surface area contributed by atoms with Gasteiger partial charge in [-0.3, -0.25) is 10.0 Å². The number of rotatable bonds is 3. The Morgan fingerprint density at radius 1 is 0.842 bits per heavy atom. The molecule has 2 aromatic carbocycles. The fraction of sp³-hybridized carbons (Fsp3) is 0.176. The standard InChI is InChI=1S/C17H18N2/c1-2-15-13-18(16-9-5-3-6-10-16)19(14-15)17-11-7-4-8-12-17/h3-13H,2,14H2,1H3. The average molecular weight is 250 g/mol. The number of nitrogens with zero attached hydrogens (tertiary/aromatic N) is 2. The van der Waals surface area contributed by atoms with E-state index in [1.54, 1.807) is 0 Å². The molecule has 0 aromatic heterocycles. The molecule has 2 aromatic rings. The van der Waals surface area contributed by atoms with Gasteiger partial charge in [0.25, 0.3) is 0 Å². The summed E-state index contributed by atoms with van der Waals surface area (Å²) in [5, 5.41) is 4.56. The molecule has 19 heavy (non-hydrogen) atoms. The molecule has 2 heteroatoms. The molecule has 0 saturated heterocycles. The van der Waals surface area contributed by atoms with Crippen LogP contribution < -0.4 is 10.0 Å². The van der Waals surface area contributed by atoms with Crippen LogP contribution in [0.2, 0.25) is 0 Å². The second-order valence-corrected chi connectivity index (χ2v) is 4.71. The lowest BCUT2D eigenvalue weighted by molar-refractivity contribution is 0.899. The Morgan fingerprint density at radius 2 is 1.42 bits per heavy atom. The van der Waals surface area contributed by atoms with E-state index >= 15 is 0 Å². The van der Waals surface area contributed by atoms with Crippen LogP contribution in [0.25, 0.3) is 0 Å². The first-order valence-electron chi connectivity index (χ1n) is 6.75. The topological polar surface area (TPSA) is 6.48 Å². The summed E-state index contributed by atoms with van der Waals surface area (Å²) < 4.78 is 0. The minimum Gasteiger partial charge on any atom is -0.277 e. The third-order valence-corrected chi connectivity index (χ3v) is 3.45. The summed E-state index contributed by atoms with van der Waals surface area (Å²) in [4.78, 5) is 0. The van der Waals surface area contributed by atoms with Crippen molar-refractivity contribution in [3.05, 3.63) is 72.4 Å². The van der Waals surface area contributed by atoms with Gasteiger partial charge in [-0.15, -0.1) is 0 Å². The lowest BCUT2D eigenvalue weighted by Crippen LogP contribution is -2.35. The van der Waals surface area contributed by atoms with Crippen molar-refractivity contribution in [3.63, 3.8) is 0 Å². The zero-order valence-electron chi connectivity index (χ0n) is 11.2. The van der Waals surface area contributed by atoms with E-state index < -0.39 is 0 Å². The van der Waals surface area contributed by atoms with Crippen LogP contribution in [-0.2, 0) is 0 Å². The van der Waals surface area contributed by atoms with Gasteiger partial charge in [0.05, 0.1) is 17.9 Å². The first-order chi connectivity index (χ1) is 9.38. The molecule has 2 nitrogen and oxygen atoms in total. The normalized spacial score (nSPS) is 14.7. The van der Waals surface area contributed by atoms with E-state index in [2.05, 4.69) is 83.8 Å². The Bertz CT molecular complexity index is 560. The minimum absolute atomic E-state index is 0.968. The van der Waals surface area contributed by atoms with Gasteiger partial charge in [-0.05, 0) is 36.3 Å². The van der Waals surface area contributed by atoms with Crippen LogP contribution in [0.15, 0.2) is 72.4 Å². The highest BCUT2D eigenvalue weighted by Gasteiger charge is 2.22. The van der Waals surface area contributed by atoms with Crippen molar-refractivity contribution in [1.29, 1.82) is 0 Å². The van der Waals surface area contributed by atoms with E-state index in [1.807, 2.05) is 0 Å². The molecule has 1 aliphatic heterocycles. The van der Waals surface area contributed by atoms with Crippen molar-refractivity contribution in [3.8, 4) is 0 Å². The largest absolute Gasteiger partial charge is 0.277 e. The SMILES string of the molecule is CCC1=CN(c2ccccc2)N(c2ccccc2)C1. The predicted octanol–water partition coefficient (Wildman–Crippen LogP) is 4.22. The number of benzene rings is 2. The van der Waals surface area contributed by atoms with Crippen LogP contribution >= 0.6 is 0 Å². The van der Waals surface area contributed by atoms with Gasteiger partial charge in [0, 0.05) is 6.20 Å². The van der Waals surface area contributed by atoms with Gasteiger partial charge in [-0.25, -0.2) is 0 Å². The van der Waals surface area contributed by atoms with E-state index in [4.69, 9.17) is 0 Å². The molecule has 1 aliphatic rings. The highest BCUT2D eigenvalue weighted by molar-refractivity contribution is 5.63. The Morgan fingerprint density at radius 3 is 2.00 bits per heavy atom. The van der Waals surface area contributed by atoms with Crippen LogP contribution in [0.4, 0.5) is 11.4 Å². The first-order valence-corrected chi connectivity index (χ1v) is 6.75. The zero-order valence-corrected chi connectivity index (χ0v) is 11.2. The van der Waals surface area contributed by atoms with Crippen molar-refractivity contribution in [2.75, 3.05) is 16.6 Å². The number of hydrazine groups is 1. The van der Waals surface area contributed by atoms with Gasteiger partial charge < -0.3 is 0 Å². The van der Waals surface area contributed by atoms with Gasteiger partial charge in [-0.1, -0.05) is 43.3 Å². The molecule has 0 fully saturated rings. The molecular weight excluding hydrogens is 232 g/mol. The van der Waals surface area contributed by atoms with Gasteiger partial charge in [0.2, 0.25) is 0 Å². The summed E-state index contributed by atoms with van der Waals surface area (Å²) in [5.74, 6) is 0. The number of anilines is 2. The fourth-order valence-electron chi connectivity index (χ4n) is 2.37. The van der Waals surface area contributed by atoms with Gasteiger partial charge in [-0.2, -0.15) is 0 Å². The second kappa shape index (κ2) is 5.19. The van der Waals surface area contributed by atoms with Crippen LogP contribution in [0, 0.1) is 0 Å². The van der Waals surface area contributed by atoms with E-state index in [1.165, 1.54) is 16.9 Å². The molecule has 96 valence electrons. The molecule has 0 bridgehead atoms. The molecule has 0 spiro atoms. The first kappa shape index (κ1) is 11.8. The third kappa shape index (κ3) is 2.34. The summed E-state index contributed by atoms with van der Waals surface area (Å²) in [6.45, 7) is 3.18. The molecule has 0 amide bonds. The molecular formula is C17H18N2. The van der Waals surface area contributed by atoms with Gasteiger partial charge in [0.15, 0.2) is 0 Å². The van der Waals surface area contributed by atoms with Crippen molar-refractivity contribution in [2.24, 2.45) is 0 Å². The molecule has 3 rings (SSSR count). The molecule has 1 heterocycles. The summed E-state index contributed by atoms with van der Waals surface area (Å²) in [7, 11) is 0. The summed E-state index contributed by atoms with van der Waals surface area (Å²) in [6, 6.07) is 21.0. The molecule has 0 saturated carbocycles. The maximum atomic E-state index is 2.31. The predicted molar refractivity (Wildman–Crippen MR) is 81.1 cm³/mol. The maximum absolute atomic E-state index is 2.31. The highest BCUT2D eigenvalue weighted by Crippen LogP contribution is 2.29. The molecule has 0 radical (unpaired) electrons. The molecule has 0 unspecified atom stereocenters. The molecule has 0 aliphatic carbocycles. The van der Waals surface area contributed by atoms with Crippen LogP contribution in [0.3, 0.4) is 0 Å². The smallest absolute Gasteiger partial charge is 0.0628 e. The quantitative estimate of drug-likeness (QED) is 0.804. The van der Waals surface area contributed by atoms with Gasteiger partial charge >= 0.3 is 0 Å². The van der Waals surface area contributed by atoms with Crippen LogP contribution in [0.1, 0.15) is 13.3 Å². The Kier molecular flexibility index (Phi) is 3.23. The average Bonchev–Trinajstić information content (AvgIpc) is 2.93. The van der Waals surface area contributed by atoms with Crippen molar-refractivity contribution in [1.82, 2.24) is 0 Å². The number of para-hydroxylation sites is 2. The Labute approximate surface area is 114 Å². The van der Waals surface area contributed by atoms with Crippen molar-refractivity contribution >= 4 is 11.4 Å². The zero-order chi connectivity index (χ0) is 13.1. The van der Waals surface area contributed by atoms with E-state index in [0.29, 0.717) is 0 Å². The van der Waals surface area contributed by atoms with E-state index in [0.717, 1.165) is 13.0 Å². The fourth-order valence-corrected chi connectivity index (χ4v) is 2.37. The lowest BCUT2D eigenvalue weighted by atomic mass is 10.2. The molecule has 0 N–H and O–H groups in total. The lowest BCUT2D eigenvalue weighted by Gasteiger charge is -2.31. The van der Waals surface area contributed by atoms with E-state index in [-0.39, 0.29) is 0 Å². The van der Waals surface area contributed by atoms with Crippen LogP contribution in [0.5, 0.6) is 0 Å². The Balaban J connectivity index is 1.96. The molecule has 0 atom stereocenters. The van der Waals surface area contributed by atoms with Crippen molar-refractivity contribution in [2.45, 2.75) is 13.3 Å². The maximum Gasteiger partial charge on any atom is 0.0628 e. The monoisotopic (exact) mass is 250 g/mol. The number of hydrogen-bond donors (Lipinski definition) is 0. The van der Waals surface area contributed by atoms with Gasteiger partial charge in [0.1, 0.15) is 0 Å².